The van der Waals surface area contributed by atoms with Crippen molar-refractivity contribution in [1.29, 1.82) is 0 Å². The number of phenolic OH excluding ortho intramolecular Hbond substituents is 1. The van der Waals surface area contributed by atoms with E-state index in [1.54, 1.807) is 18.2 Å². The lowest BCUT2D eigenvalue weighted by atomic mass is 9.59. The summed E-state index contributed by atoms with van der Waals surface area (Å²) >= 11 is 6.17. The van der Waals surface area contributed by atoms with Gasteiger partial charge in [-0.3, -0.25) is 24.2 Å². The molecule has 12 heteroatoms. The molecular formula is C30H23ClF3N3O5. The number of aromatic hydroxyl groups is 1. The summed E-state index contributed by atoms with van der Waals surface area (Å²) in [6.07, 6.45) is -1.53. The number of alkyl halides is 3. The number of hydrazine groups is 1. The van der Waals surface area contributed by atoms with Crippen molar-refractivity contribution < 1.29 is 37.5 Å². The Morgan fingerprint density at radius 2 is 1.81 bits per heavy atom. The standard InChI is InChI=1S/C30H23ClF3N3O5/c1-13-10-21(39)25-19(26(13)40)12-18-16(23(25)14-4-3-5-15(38)11-14)6-7-17-24(18)29(42)37(28(17)41)36(2)27-20(31)8-9-22(35-27)30(32,33)34/h3-6,8-11,17-18,23-24,38H,7,12H2,1-2H3. The van der Waals surface area contributed by atoms with Gasteiger partial charge in [0.15, 0.2) is 17.4 Å². The molecule has 0 saturated carbocycles. The van der Waals surface area contributed by atoms with Crippen LogP contribution in [0, 0.1) is 17.8 Å². The van der Waals surface area contributed by atoms with Gasteiger partial charge in [0.25, 0.3) is 11.8 Å². The van der Waals surface area contributed by atoms with Gasteiger partial charge in [-0.05, 0) is 61.6 Å². The van der Waals surface area contributed by atoms with Crippen LogP contribution in [0.1, 0.15) is 36.9 Å². The molecule has 2 aromatic rings. The minimum atomic E-state index is -4.78. The van der Waals surface area contributed by atoms with E-state index in [1.807, 2.05) is 0 Å². The van der Waals surface area contributed by atoms with Crippen molar-refractivity contribution in [3.05, 3.63) is 87.1 Å². The molecule has 4 atom stereocenters. The molecule has 4 aliphatic rings. The SMILES string of the molecule is CC1=CC(=O)C2=C(CC3C(=CCC4C(=O)N(N(C)c5nc(C(F)(F)F)ccc5Cl)C(=O)C43)C2c2cccc(O)c2)C1=O. The minimum absolute atomic E-state index is 0.0343. The normalized spacial score (nSPS) is 25.6. The number of benzene rings is 1. The molecule has 8 nitrogen and oxygen atoms in total. The molecular weight excluding hydrogens is 575 g/mol. The first-order chi connectivity index (χ1) is 19.8. The quantitative estimate of drug-likeness (QED) is 0.303. The topological polar surface area (TPSA) is 108 Å². The first-order valence-electron chi connectivity index (χ1n) is 13.1. The maximum atomic E-state index is 14.0. The Morgan fingerprint density at radius 3 is 2.50 bits per heavy atom. The number of rotatable bonds is 3. The van der Waals surface area contributed by atoms with E-state index in [0.29, 0.717) is 17.2 Å². The van der Waals surface area contributed by atoms with Gasteiger partial charge in [0.05, 0.1) is 16.9 Å². The van der Waals surface area contributed by atoms with Gasteiger partial charge in [-0.25, -0.2) is 4.98 Å². The number of fused-ring (bicyclic) bond motifs is 3. The Bertz CT molecular complexity index is 1690. The number of ketones is 2. The van der Waals surface area contributed by atoms with Crippen LogP contribution in [0.15, 0.2) is 70.8 Å². The molecule has 1 fully saturated rings. The third kappa shape index (κ3) is 4.17. The monoisotopic (exact) mass is 597 g/mol. The Morgan fingerprint density at radius 1 is 1.07 bits per heavy atom. The fourth-order valence-corrected chi connectivity index (χ4v) is 6.88. The highest BCUT2D eigenvalue weighted by molar-refractivity contribution is 6.33. The number of allylic oxidation sites excluding steroid dienone is 6. The number of phenols is 1. The molecule has 0 bridgehead atoms. The molecule has 3 aliphatic carbocycles. The maximum absolute atomic E-state index is 14.0. The number of anilines is 1. The predicted molar refractivity (Wildman–Crippen MR) is 144 cm³/mol. The van der Waals surface area contributed by atoms with Crippen LogP contribution in [0.3, 0.4) is 0 Å². The average Bonchev–Trinajstić information content (AvgIpc) is 3.19. The molecule has 0 spiro atoms. The summed E-state index contributed by atoms with van der Waals surface area (Å²) in [5, 5.41) is 11.7. The minimum Gasteiger partial charge on any atom is -0.508 e. The number of hydrogen-bond acceptors (Lipinski definition) is 7. The highest BCUT2D eigenvalue weighted by Crippen LogP contribution is 2.55. The number of halogens is 4. The summed E-state index contributed by atoms with van der Waals surface area (Å²) in [6.45, 7) is 1.54. The van der Waals surface area contributed by atoms with Crippen molar-refractivity contribution in [2.75, 3.05) is 12.1 Å². The Labute approximate surface area is 242 Å². The van der Waals surface area contributed by atoms with Crippen molar-refractivity contribution >= 4 is 40.8 Å². The molecule has 4 unspecified atom stereocenters. The summed E-state index contributed by atoms with van der Waals surface area (Å²) in [4.78, 5) is 57.9. The molecule has 216 valence electrons. The van der Waals surface area contributed by atoms with Gasteiger partial charge in [-0.2, -0.15) is 18.2 Å². The average molecular weight is 598 g/mol. The number of Topliss-reactive ketones (excluding diaryl/α,β-unsaturated/α-hetero) is 1. The number of pyridine rings is 1. The van der Waals surface area contributed by atoms with Gasteiger partial charge < -0.3 is 5.11 Å². The molecule has 1 aliphatic heterocycles. The van der Waals surface area contributed by atoms with Gasteiger partial charge in [0, 0.05) is 29.7 Å². The number of imide groups is 1. The number of carbonyl (C=O) groups is 4. The van der Waals surface area contributed by atoms with Gasteiger partial charge in [0.1, 0.15) is 11.4 Å². The third-order valence-corrected chi connectivity index (χ3v) is 8.76. The zero-order valence-corrected chi connectivity index (χ0v) is 23.0. The molecule has 1 aromatic heterocycles. The van der Waals surface area contributed by atoms with Crippen LogP contribution in [0.5, 0.6) is 5.75 Å². The van der Waals surface area contributed by atoms with E-state index in [2.05, 4.69) is 4.98 Å². The zero-order valence-electron chi connectivity index (χ0n) is 22.3. The number of hydrogen-bond donors (Lipinski definition) is 1. The van der Waals surface area contributed by atoms with Crippen molar-refractivity contribution in [1.82, 2.24) is 9.99 Å². The van der Waals surface area contributed by atoms with Crippen LogP contribution < -0.4 is 5.01 Å². The largest absolute Gasteiger partial charge is 0.508 e. The van der Waals surface area contributed by atoms with E-state index in [1.165, 1.54) is 32.2 Å². The summed E-state index contributed by atoms with van der Waals surface area (Å²) in [7, 11) is 1.24. The second-order valence-corrected chi connectivity index (χ2v) is 11.2. The Hall–Kier alpha value is -4.25. The molecule has 2 amide bonds. The first kappa shape index (κ1) is 27.9. The van der Waals surface area contributed by atoms with Crippen LogP contribution in [0.25, 0.3) is 0 Å². The van der Waals surface area contributed by atoms with Crippen molar-refractivity contribution in [3.63, 3.8) is 0 Å². The molecule has 1 aromatic carbocycles. The Balaban J connectivity index is 1.43. The second-order valence-electron chi connectivity index (χ2n) is 10.8. The highest BCUT2D eigenvalue weighted by Gasteiger charge is 2.57. The van der Waals surface area contributed by atoms with E-state index >= 15 is 0 Å². The molecule has 6 rings (SSSR count). The number of amides is 2. The van der Waals surface area contributed by atoms with Gasteiger partial charge >= 0.3 is 6.18 Å². The van der Waals surface area contributed by atoms with Crippen LogP contribution in [-0.4, -0.2) is 45.5 Å². The van der Waals surface area contributed by atoms with Crippen LogP contribution in [0.4, 0.5) is 19.0 Å². The van der Waals surface area contributed by atoms with Crippen LogP contribution in [-0.2, 0) is 25.4 Å². The number of nitrogens with zero attached hydrogens (tertiary/aromatic N) is 3. The summed E-state index contributed by atoms with van der Waals surface area (Å²) in [5.74, 6) is -5.62. The van der Waals surface area contributed by atoms with E-state index < -0.39 is 53.2 Å². The summed E-state index contributed by atoms with van der Waals surface area (Å²) in [6, 6.07) is 8.01. The number of aromatic nitrogens is 1. The lowest BCUT2D eigenvalue weighted by Crippen LogP contribution is -2.46. The summed E-state index contributed by atoms with van der Waals surface area (Å²) in [5.41, 5.74) is 0.786. The zero-order chi connectivity index (χ0) is 30.2. The lowest BCUT2D eigenvalue weighted by Gasteiger charge is -2.42. The van der Waals surface area contributed by atoms with Gasteiger partial charge in [0.2, 0.25) is 0 Å². The summed E-state index contributed by atoms with van der Waals surface area (Å²) < 4.78 is 40.2. The van der Waals surface area contributed by atoms with Gasteiger partial charge in [-0.1, -0.05) is 35.4 Å². The fraction of sp³-hybridized carbons (Fsp3) is 0.300. The molecule has 1 saturated heterocycles. The van der Waals surface area contributed by atoms with E-state index in [0.717, 1.165) is 16.1 Å². The highest BCUT2D eigenvalue weighted by atomic mass is 35.5. The van der Waals surface area contributed by atoms with Crippen LogP contribution in [0.2, 0.25) is 5.02 Å². The molecule has 42 heavy (non-hydrogen) atoms. The number of carbonyl (C=O) groups excluding carboxylic acids is 4. The lowest BCUT2D eigenvalue weighted by molar-refractivity contribution is -0.141. The first-order valence-corrected chi connectivity index (χ1v) is 13.5. The van der Waals surface area contributed by atoms with Gasteiger partial charge in [-0.15, -0.1) is 0 Å². The predicted octanol–water partition coefficient (Wildman–Crippen LogP) is 4.94. The smallest absolute Gasteiger partial charge is 0.433 e. The van der Waals surface area contributed by atoms with E-state index in [4.69, 9.17) is 11.6 Å². The third-order valence-electron chi connectivity index (χ3n) is 8.47. The van der Waals surface area contributed by atoms with E-state index in [-0.39, 0.29) is 51.9 Å². The van der Waals surface area contributed by atoms with Crippen molar-refractivity contribution in [3.8, 4) is 5.75 Å². The van der Waals surface area contributed by atoms with Crippen LogP contribution >= 0.6 is 11.6 Å². The molecule has 2 heterocycles. The van der Waals surface area contributed by atoms with Crippen molar-refractivity contribution in [2.24, 2.45) is 17.8 Å². The van der Waals surface area contributed by atoms with Crippen molar-refractivity contribution in [2.45, 2.75) is 31.9 Å². The second kappa shape index (κ2) is 9.65. The molecule has 0 radical (unpaired) electrons. The maximum Gasteiger partial charge on any atom is 0.433 e. The molecule has 1 N–H and O–H groups in total. The Kier molecular flexibility index (Phi) is 6.41. The van der Waals surface area contributed by atoms with E-state index in [9.17, 15) is 37.5 Å². The fourth-order valence-electron chi connectivity index (χ4n) is 6.66.